The fourth-order valence-corrected chi connectivity index (χ4v) is 2.85. The molecule has 0 radical (unpaired) electrons. The minimum absolute atomic E-state index is 0.201. The highest BCUT2D eigenvalue weighted by molar-refractivity contribution is 7.17. The molecule has 3 aromatic rings. The highest BCUT2D eigenvalue weighted by Gasteiger charge is 2.11. The highest BCUT2D eigenvalue weighted by Crippen LogP contribution is 2.23. The monoisotopic (exact) mass is 343 g/mol. The normalized spacial score (nSPS) is 10.3. The number of halogens is 1. The van der Waals surface area contributed by atoms with Gasteiger partial charge in [0, 0.05) is 5.56 Å². The summed E-state index contributed by atoms with van der Waals surface area (Å²) in [7, 11) is 0. The fraction of sp³-hybridized carbons (Fsp3) is 0.0625. The van der Waals surface area contributed by atoms with Crippen molar-refractivity contribution in [3.8, 4) is 11.5 Å². The Kier molecular flexibility index (Phi) is 4.42. The van der Waals surface area contributed by atoms with E-state index in [2.05, 4.69) is 15.1 Å². The van der Waals surface area contributed by atoms with Crippen molar-refractivity contribution < 1.29 is 9.21 Å². The van der Waals surface area contributed by atoms with Gasteiger partial charge >= 0.3 is 0 Å². The van der Waals surface area contributed by atoms with Crippen LogP contribution in [0, 0.1) is 6.57 Å². The SMILES string of the molecule is [C-]#[N+]c1ccc(-c2nc(CNC(=O)c3ccc(Cl)s3)co2)cc1. The average molecular weight is 344 g/mol. The summed E-state index contributed by atoms with van der Waals surface area (Å²) in [6.07, 6.45) is 1.50. The minimum atomic E-state index is -0.201. The largest absolute Gasteiger partial charge is 0.444 e. The van der Waals surface area contributed by atoms with Crippen molar-refractivity contribution in [3.05, 3.63) is 69.0 Å². The predicted molar refractivity (Wildman–Crippen MR) is 88.7 cm³/mol. The maximum Gasteiger partial charge on any atom is 0.261 e. The maximum absolute atomic E-state index is 11.9. The van der Waals surface area contributed by atoms with Gasteiger partial charge in [-0.05, 0) is 12.1 Å². The van der Waals surface area contributed by atoms with Crippen molar-refractivity contribution in [2.45, 2.75) is 6.54 Å². The van der Waals surface area contributed by atoms with Crippen LogP contribution in [0.15, 0.2) is 47.1 Å². The average Bonchev–Trinajstić information content (AvgIpc) is 3.22. The van der Waals surface area contributed by atoms with Crippen molar-refractivity contribution >= 4 is 34.5 Å². The lowest BCUT2D eigenvalue weighted by Gasteiger charge is -1.99. The van der Waals surface area contributed by atoms with Crippen molar-refractivity contribution in [2.75, 3.05) is 0 Å². The van der Waals surface area contributed by atoms with E-state index < -0.39 is 0 Å². The molecule has 3 rings (SSSR count). The lowest BCUT2D eigenvalue weighted by Crippen LogP contribution is -2.21. The van der Waals surface area contributed by atoms with E-state index in [1.807, 2.05) is 0 Å². The molecule has 2 heterocycles. The summed E-state index contributed by atoms with van der Waals surface area (Å²) in [5, 5.41) is 2.76. The number of thiophene rings is 1. The van der Waals surface area contributed by atoms with Crippen molar-refractivity contribution in [3.63, 3.8) is 0 Å². The molecule has 0 saturated heterocycles. The molecule has 0 unspecified atom stereocenters. The zero-order chi connectivity index (χ0) is 16.2. The van der Waals surface area contributed by atoms with Gasteiger partial charge in [-0.25, -0.2) is 9.83 Å². The molecule has 1 N–H and O–H groups in total. The van der Waals surface area contributed by atoms with Crippen molar-refractivity contribution in [1.82, 2.24) is 10.3 Å². The Balaban J connectivity index is 1.65. The third kappa shape index (κ3) is 3.59. The first-order valence-corrected chi connectivity index (χ1v) is 7.81. The van der Waals surface area contributed by atoms with Crippen LogP contribution >= 0.6 is 22.9 Å². The van der Waals surface area contributed by atoms with Gasteiger partial charge < -0.3 is 9.73 Å². The molecule has 1 amide bonds. The number of aromatic nitrogens is 1. The Hall–Kier alpha value is -2.62. The molecule has 114 valence electrons. The second kappa shape index (κ2) is 6.65. The third-order valence-electron chi connectivity index (χ3n) is 3.02. The molecule has 23 heavy (non-hydrogen) atoms. The first-order valence-electron chi connectivity index (χ1n) is 6.61. The van der Waals surface area contributed by atoms with Crippen LogP contribution in [0.3, 0.4) is 0 Å². The molecule has 2 aromatic heterocycles. The lowest BCUT2D eigenvalue weighted by molar-refractivity contribution is 0.0954. The van der Waals surface area contributed by atoms with E-state index in [-0.39, 0.29) is 12.5 Å². The van der Waals surface area contributed by atoms with E-state index in [0.717, 1.165) is 5.56 Å². The summed E-state index contributed by atoms with van der Waals surface area (Å²) in [6, 6.07) is 10.3. The summed E-state index contributed by atoms with van der Waals surface area (Å²) in [5.41, 5.74) is 1.95. The molecule has 0 aliphatic rings. The number of oxazole rings is 1. The molecule has 0 saturated carbocycles. The zero-order valence-electron chi connectivity index (χ0n) is 11.7. The zero-order valence-corrected chi connectivity index (χ0v) is 13.3. The molecule has 1 aromatic carbocycles. The van der Waals surface area contributed by atoms with Gasteiger partial charge in [-0.15, -0.1) is 11.3 Å². The van der Waals surface area contributed by atoms with Crippen LogP contribution in [0.25, 0.3) is 16.3 Å². The smallest absolute Gasteiger partial charge is 0.261 e. The van der Waals surface area contributed by atoms with Gasteiger partial charge in [0.15, 0.2) is 5.69 Å². The van der Waals surface area contributed by atoms with E-state index in [1.165, 1.54) is 17.6 Å². The van der Waals surface area contributed by atoms with Gasteiger partial charge in [0.2, 0.25) is 5.89 Å². The van der Waals surface area contributed by atoms with Crippen LogP contribution in [-0.4, -0.2) is 10.9 Å². The van der Waals surface area contributed by atoms with Gasteiger partial charge in [0.1, 0.15) is 6.26 Å². The quantitative estimate of drug-likeness (QED) is 0.707. The van der Waals surface area contributed by atoms with Crippen LogP contribution in [-0.2, 0) is 6.54 Å². The van der Waals surface area contributed by atoms with E-state index in [0.29, 0.717) is 26.5 Å². The fourth-order valence-electron chi connectivity index (χ4n) is 1.89. The number of hydrogen-bond acceptors (Lipinski definition) is 4. The molecule has 0 bridgehead atoms. The van der Waals surface area contributed by atoms with Gasteiger partial charge in [0.25, 0.3) is 5.91 Å². The number of amides is 1. The second-order valence-corrected chi connectivity index (χ2v) is 6.30. The molecule has 0 atom stereocenters. The van der Waals surface area contributed by atoms with Crippen LogP contribution < -0.4 is 5.32 Å². The molecule has 5 nitrogen and oxygen atoms in total. The van der Waals surface area contributed by atoms with Gasteiger partial charge in [-0.2, -0.15) is 0 Å². The maximum atomic E-state index is 11.9. The topological polar surface area (TPSA) is 59.5 Å². The van der Waals surface area contributed by atoms with Gasteiger partial charge in [-0.3, -0.25) is 4.79 Å². The molecule has 0 spiro atoms. The van der Waals surface area contributed by atoms with Gasteiger partial charge in [-0.1, -0.05) is 35.9 Å². The lowest BCUT2D eigenvalue weighted by atomic mass is 10.2. The third-order valence-corrected chi connectivity index (χ3v) is 4.25. The minimum Gasteiger partial charge on any atom is -0.444 e. The molecule has 0 fully saturated rings. The van der Waals surface area contributed by atoms with Crippen LogP contribution in [0.2, 0.25) is 4.34 Å². The first kappa shape index (κ1) is 15.3. The summed E-state index contributed by atoms with van der Waals surface area (Å²) in [6.45, 7) is 7.19. The van der Waals surface area contributed by atoms with Crippen molar-refractivity contribution in [1.29, 1.82) is 0 Å². The number of carbonyl (C=O) groups excluding carboxylic acids is 1. The Bertz CT molecular complexity index is 877. The number of nitrogens with zero attached hydrogens (tertiary/aromatic N) is 2. The molecular formula is C16H10ClN3O2S. The number of rotatable bonds is 4. The predicted octanol–water partition coefficient (Wildman–Crippen LogP) is 4.54. The standard InChI is InChI=1S/C16H10ClN3O2S/c1-18-11-4-2-10(3-5-11)16-20-12(9-22-16)8-19-15(21)13-6-7-14(17)23-13/h2-7,9H,8H2,(H,19,21). The summed E-state index contributed by atoms with van der Waals surface area (Å²) in [5.74, 6) is 0.248. The summed E-state index contributed by atoms with van der Waals surface area (Å²) >= 11 is 7.03. The molecule has 7 heteroatoms. The highest BCUT2D eigenvalue weighted by atomic mass is 35.5. The van der Waals surface area contributed by atoms with E-state index in [1.54, 1.807) is 36.4 Å². The van der Waals surface area contributed by atoms with Crippen molar-refractivity contribution in [2.24, 2.45) is 0 Å². The van der Waals surface area contributed by atoms with Crippen LogP contribution in [0.1, 0.15) is 15.4 Å². The Morgan fingerprint density at radius 1 is 1.30 bits per heavy atom. The number of carbonyl (C=O) groups is 1. The Morgan fingerprint density at radius 3 is 2.74 bits per heavy atom. The number of benzene rings is 1. The molecular weight excluding hydrogens is 334 g/mol. The van der Waals surface area contributed by atoms with Crippen LogP contribution in [0.4, 0.5) is 5.69 Å². The Labute approximate surface area is 141 Å². The van der Waals surface area contributed by atoms with E-state index in [9.17, 15) is 4.79 Å². The first-order chi connectivity index (χ1) is 11.2. The molecule has 0 aliphatic carbocycles. The summed E-state index contributed by atoms with van der Waals surface area (Å²) < 4.78 is 5.98. The van der Waals surface area contributed by atoms with E-state index in [4.69, 9.17) is 22.6 Å². The summed E-state index contributed by atoms with van der Waals surface area (Å²) in [4.78, 5) is 20.1. The number of hydrogen-bond donors (Lipinski definition) is 1. The molecule has 0 aliphatic heterocycles. The van der Waals surface area contributed by atoms with Gasteiger partial charge in [0.05, 0.1) is 28.0 Å². The van der Waals surface area contributed by atoms with Crippen LogP contribution in [0.5, 0.6) is 0 Å². The second-order valence-electron chi connectivity index (χ2n) is 4.59. The Morgan fingerprint density at radius 2 is 2.09 bits per heavy atom. The number of nitrogens with one attached hydrogen (secondary N) is 1. The van der Waals surface area contributed by atoms with E-state index >= 15 is 0 Å².